The fourth-order valence-electron chi connectivity index (χ4n) is 2.75. The normalized spacial score (nSPS) is 16.5. The maximum Gasteiger partial charge on any atom is 0.224 e. The molecule has 2 amide bonds. The number of halogens is 1. The molecule has 5 nitrogen and oxygen atoms in total. The Morgan fingerprint density at radius 1 is 1.12 bits per heavy atom. The lowest BCUT2D eigenvalue weighted by atomic mass is 10.1. The van der Waals surface area contributed by atoms with Crippen molar-refractivity contribution in [3.8, 4) is 0 Å². The second-order valence-electron chi connectivity index (χ2n) is 6.60. The third kappa shape index (κ3) is 7.32. The number of nitrogens with one attached hydrogen (secondary N) is 3. The van der Waals surface area contributed by atoms with Crippen LogP contribution in [0.1, 0.15) is 46.0 Å². The Hall–Kier alpha value is -1.59. The van der Waals surface area contributed by atoms with Crippen LogP contribution in [0.15, 0.2) is 24.3 Å². The highest BCUT2D eigenvalue weighted by Gasteiger charge is 2.15. The molecular weight excluding hydrogens is 326 g/mol. The van der Waals surface area contributed by atoms with Crippen LogP contribution in [0.4, 0.5) is 11.4 Å². The molecule has 0 spiro atoms. The first-order valence-electron chi connectivity index (χ1n) is 8.46. The molecule has 0 radical (unpaired) electrons. The molecule has 0 aromatic heterocycles. The second kappa shape index (κ2) is 10.3. The van der Waals surface area contributed by atoms with Gasteiger partial charge in [-0.1, -0.05) is 13.8 Å². The van der Waals surface area contributed by atoms with Crippen molar-refractivity contribution in [2.45, 2.75) is 52.0 Å². The van der Waals surface area contributed by atoms with Crippen molar-refractivity contribution in [2.75, 3.05) is 17.2 Å². The third-order valence-electron chi connectivity index (χ3n) is 3.93. The second-order valence-corrected chi connectivity index (χ2v) is 6.60. The molecule has 1 atom stereocenters. The van der Waals surface area contributed by atoms with E-state index in [-0.39, 0.29) is 24.2 Å². The zero-order chi connectivity index (χ0) is 16.7. The van der Waals surface area contributed by atoms with E-state index in [1.807, 2.05) is 38.1 Å². The van der Waals surface area contributed by atoms with E-state index in [9.17, 15) is 9.59 Å². The molecule has 0 aliphatic carbocycles. The first-order chi connectivity index (χ1) is 11.0. The average Bonchev–Trinajstić information content (AvgIpc) is 3.00. The lowest BCUT2D eigenvalue weighted by molar-refractivity contribution is -0.117. The number of carbonyl (C=O) groups excluding carboxylic acids is 2. The van der Waals surface area contributed by atoms with Gasteiger partial charge in [0, 0.05) is 30.3 Å². The monoisotopic (exact) mass is 353 g/mol. The van der Waals surface area contributed by atoms with Gasteiger partial charge >= 0.3 is 0 Å². The number of anilines is 2. The van der Waals surface area contributed by atoms with Crippen LogP contribution in [0.5, 0.6) is 0 Å². The van der Waals surface area contributed by atoms with E-state index in [2.05, 4.69) is 16.0 Å². The summed E-state index contributed by atoms with van der Waals surface area (Å²) in [4.78, 5) is 23.7. The van der Waals surface area contributed by atoms with E-state index >= 15 is 0 Å². The van der Waals surface area contributed by atoms with Gasteiger partial charge in [0.05, 0.1) is 0 Å². The summed E-state index contributed by atoms with van der Waals surface area (Å²) >= 11 is 0. The summed E-state index contributed by atoms with van der Waals surface area (Å²) in [6.45, 7) is 5.09. The Morgan fingerprint density at radius 2 is 1.71 bits per heavy atom. The minimum absolute atomic E-state index is 0. The van der Waals surface area contributed by atoms with Crippen LogP contribution in [0.2, 0.25) is 0 Å². The Balaban J connectivity index is 0.00000288. The summed E-state index contributed by atoms with van der Waals surface area (Å²) in [6.07, 6.45) is 4.29. The number of hydrogen-bond donors (Lipinski definition) is 3. The van der Waals surface area contributed by atoms with E-state index in [4.69, 9.17) is 0 Å². The van der Waals surface area contributed by atoms with Gasteiger partial charge in [-0.25, -0.2) is 0 Å². The van der Waals surface area contributed by atoms with Crippen molar-refractivity contribution in [2.24, 2.45) is 5.92 Å². The lowest BCUT2D eigenvalue weighted by Gasteiger charge is -2.11. The predicted octanol–water partition coefficient (Wildman–Crippen LogP) is 3.56. The Bertz CT molecular complexity index is 526. The number of hydrogen-bond acceptors (Lipinski definition) is 3. The van der Waals surface area contributed by atoms with Crippen molar-refractivity contribution in [1.29, 1.82) is 0 Å². The highest BCUT2D eigenvalue weighted by Crippen LogP contribution is 2.16. The SMILES string of the molecule is CC(C)CC(=O)Nc1ccc(NC(=O)CCC2CCCN2)cc1.Cl. The van der Waals surface area contributed by atoms with E-state index in [1.54, 1.807) is 0 Å². The van der Waals surface area contributed by atoms with Gasteiger partial charge in [-0.05, 0) is 56.0 Å². The number of carbonyl (C=O) groups is 2. The van der Waals surface area contributed by atoms with Gasteiger partial charge in [-0.15, -0.1) is 12.4 Å². The molecule has 1 aromatic rings. The van der Waals surface area contributed by atoms with Crippen molar-refractivity contribution in [1.82, 2.24) is 5.32 Å². The molecule has 1 unspecified atom stereocenters. The van der Waals surface area contributed by atoms with Crippen molar-refractivity contribution in [3.63, 3.8) is 0 Å². The minimum Gasteiger partial charge on any atom is -0.326 e. The largest absolute Gasteiger partial charge is 0.326 e. The number of rotatable bonds is 7. The van der Waals surface area contributed by atoms with E-state index in [0.29, 0.717) is 24.8 Å². The summed E-state index contributed by atoms with van der Waals surface area (Å²) in [6, 6.07) is 7.74. The molecule has 134 valence electrons. The Kier molecular flexibility index (Phi) is 8.79. The van der Waals surface area contributed by atoms with E-state index in [1.165, 1.54) is 6.42 Å². The van der Waals surface area contributed by atoms with Crippen LogP contribution in [0.25, 0.3) is 0 Å². The number of amides is 2. The summed E-state index contributed by atoms with van der Waals surface area (Å²) in [5, 5.41) is 9.15. The van der Waals surface area contributed by atoms with Gasteiger partial charge in [0.25, 0.3) is 0 Å². The molecule has 1 saturated heterocycles. The molecule has 1 fully saturated rings. The van der Waals surface area contributed by atoms with Crippen molar-refractivity contribution < 1.29 is 9.59 Å². The average molecular weight is 354 g/mol. The van der Waals surface area contributed by atoms with Gasteiger partial charge in [0.2, 0.25) is 11.8 Å². The zero-order valence-electron chi connectivity index (χ0n) is 14.4. The number of benzene rings is 1. The van der Waals surface area contributed by atoms with Gasteiger partial charge in [0.15, 0.2) is 0 Å². The molecule has 0 bridgehead atoms. The third-order valence-corrected chi connectivity index (χ3v) is 3.93. The van der Waals surface area contributed by atoms with Gasteiger partial charge in [0.1, 0.15) is 0 Å². The Labute approximate surface area is 150 Å². The molecule has 1 aliphatic rings. The quantitative estimate of drug-likeness (QED) is 0.701. The molecule has 6 heteroatoms. The predicted molar refractivity (Wildman–Crippen MR) is 101 cm³/mol. The van der Waals surface area contributed by atoms with Gasteiger partial charge < -0.3 is 16.0 Å². The van der Waals surface area contributed by atoms with Gasteiger partial charge in [-0.2, -0.15) is 0 Å². The summed E-state index contributed by atoms with van der Waals surface area (Å²) in [5.41, 5.74) is 1.51. The minimum atomic E-state index is 0. The molecule has 1 aliphatic heterocycles. The van der Waals surface area contributed by atoms with E-state index < -0.39 is 0 Å². The van der Waals surface area contributed by atoms with Crippen LogP contribution in [-0.4, -0.2) is 24.4 Å². The van der Waals surface area contributed by atoms with E-state index in [0.717, 1.165) is 30.8 Å². The molecule has 3 N–H and O–H groups in total. The molecular formula is C18H28ClN3O2. The summed E-state index contributed by atoms with van der Waals surface area (Å²) in [5.74, 6) is 0.388. The summed E-state index contributed by atoms with van der Waals surface area (Å²) < 4.78 is 0. The molecule has 0 saturated carbocycles. The highest BCUT2D eigenvalue weighted by molar-refractivity contribution is 5.93. The highest BCUT2D eigenvalue weighted by atomic mass is 35.5. The van der Waals surface area contributed by atoms with Crippen LogP contribution in [0, 0.1) is 5.92 Å². The molecule has 24 heavy (non-hydrogen) atoms. The molecule has 1 aromatic carbocycles. The topological polar surface area (TPSA) is 70.2 Å². The Morgan fingerprint density at radius 3 is 2.21 bits per heavy atom. The van der Waals surface area contributed by atoms with Crippen LogP contribution in [0.3, 0.4) is 0 Å². The standard InChI is InChI=1S/C18H27N3O2.ClH/c1-13(2)12-18(23)21-16-7-5-15(6-8-16)20-17(22)10-9-14-4-3-11-19-14;/h5-8,13-14,19H,3-4,9-12H2,1-2H3,(H,20,22)(H,21,23);1H. The fourth-order valence-corrected chi connectivity index (χ4v) is 2.75. The van der Waals surface area contributed by atoms with Crippen molar-refractivity contribution in [3.05, 3.63) is 24.3 Å². The van der Waals surface area contributed by atoms with Crippen molar-refractivity contribution >= 4 is 35.6 Å². The maximum atomic E-state index is 11.9. The first kappa shape index (κ1) is 20.5. The zero-order valence-corrected chi connectivity index (χ0v) is 15.2. The smallest absolute Gasteiger partial charge is 0.224 e. The van der Waals surface area contributed by atoms with Crippen LogP contribution >= 0.6 is 12.4 Å². The van der Waals surface area contributed by atoms with Crippen LogP contribution < -0.4 is 16.0 Å². The van der Waals surface area contributed by atoms with Crippen LogP contribution in [-0.2, 0) is 9.59 Å². The molecule has 1 heterocycles. The first-order valence-corrected chi connectivity index (χ1v) is 8.46. The summed E-state index contributed by atoms with van der Waals surface area (Å²) in [7, 11) is 0. The molecule has 2 rings (SSSR count). The maximum absolute atomic E-state index is 11.9. The fraction of sp³-hybridized carbons (Fsp3) is 0.556. The lowest BCUT2D eigenvalue weighted by Crippen LogP contribution is -2.23. The van der Waals surface area contributed by atoms with Gasteiger partial charge in [-0.3, -0.25) is 9.59 Å².